The van der Waals surface area contributed by atoms with Gasteiger partial charge in [0.1, 0.15) is 0 Å². The first kappa shape index (κ1) is 21.9. The third-order valence-electron chi connectivity index (χ3n) is 3.82. The van der Waals surface area contributed by atoms with Gasteiger partial charge in [-0.3, -0.25) is 0 Å². The first-order chi connectivity index (χ1) is 13.9. The fourth-order valence-corrected chi connectivity index (χ4v) is 2.53. The average Bonchev–Trinajstić information content (AvgIpc) is 2.71. The summed E-state index contributed by atoms with van der Waals surface area (Å²) >= 11 is 0. The van der Waals surface area contributed by atoms with E-state index in [1.54, 1.807) is 18.2 Å². The molecule has 0 bridgehead atoms. The molecule has 0 radical (unpaired) electrons. The Balaban J connectivity index is 2.07. The summed E-state index contributed by atoms with van der Waals surface area (Å²) in [6, 6.07) is 7.09. The lowest BCUT2D eigenvalue weighted by Gasteiger charge is -2.15. The first-order valence-electron chi connectivity index (χ1n) is 8.38. The van der Waals surface area contributed by atoms with E-state index >= 15 is 0 Å². The Kier molecular flexibility index (Phi) is 7.70. The molecule has 0 fully saturated rings. The number of hydrogen-bond donors (Lipinski definition) is 2. The van der Waals surface area contributed by atoms with E-state index in [9.17, 15) is 13.6 Å². The second-order valence-corrected chi connectivity index (χ2v) is 5.59. The Morgan fingerprint density at radius 2 is 1.52 bits per heavy atom. The summed E-state index contributed by atoms with van der Waals surface area (Å²) in [7, 11) is 5.74. The van der Waals surface area contributed by atoms with E-state index in [2.05, 4.69) is 15.4 Å². The predicted molar refractivity (Wildman–Crippen MR) is 102 cm³/mol. The summed E-state index contributed by atoms with van der Waals surface area (Å²) < 4.78 is 50.1. The second kappa shape index (κ2) is 10.2. The van der Waals surface area contributed by atoms with E-state index in [0.29, 0.717) is 28.5 Å². The standard InChI is InChI=1S/C19H22F2N2O6/c1-25-13-6-5-11(7-14(13)29-18(20)21)10-22-19(24)23-12-8-15(26-2)17(28-4)16(9-12)27-3/h5-9,18H,10H2,1-4H3,(H2,22,23,24). The largest absolute Gasteiger partial charge is 0.493 e. The Bertz CT molecular complexity index is 822. The van der Waals surface area contributed by atoms with Crippen LogP contribution in [0.5, 0.6) is 28.7 Å². The highest BCUT2D eigenvalue weighted by Crippen LogP contribution is 2.39. The van der Waals surface area contributed by atoms with E-state index < -0.39 is 12.6 Å². The monoisotopic (exact) mass is 412 g/mol. The molecule has 0 saturated carbocycles. The normalized spacial score (nSPS) is 10.3. The zero-order valence-corrected chi connectivity index (χ0v) is 16.4. The first-order valence-corrected chi connectivity index (χ1v) is 8.38. The van der Waals surface area contributed by atoms with Gasteiger partial charge in [-0.1, -0.05) is 6.07 Å². The minimum atomic E-state index is -2.99. The van der Waals surface area contributed by atoms with Crippen molar-refractivity contribution in [2.45, 2.75) is 13.2 Å². The van der Waals surface area contributed by atoms with Gasteiger partial charge in [-0.05, 0) is 17.7 Å². The molecule has 29 heavy (non-hydrogen) atoms. The van der Waals surface area contributed by atoms with Crippen LogP contribution in [-0.2, 0) is 6.54 Å². The molecule has 2 N–H and O–H groups in total. The number of alkyl halides is 2. The van der Waals surface area contributed by atoms with Gasteiger partial charge in [0, 0.05) is 18.7 Å². The number of halogens is 2. The van der Waals surface area contributed by atoms with Crippen molar-refractivity contribution in [3.8, 4) is 28.7 Å². The average molecular weight is 412 g/mol. The topological polar surface area (TPSA) is 87.3 Å². The third-order valence-corrected chi connectivity index (χ3v) is 3.82. The molecular weight excluding hydrogens is 390 g/mol. The van der Waals surface area contributed by atoms with Gasteiger partial charge in [-0.25, -0.2) is 4.79 Å². The third kappa shape index (κ3) is 5.77. The zero-order valence-electron chi connectivity index (χ0n) is 16.4. The van der Waals surface area contributed by atoms with E-state index in [1.165, 1.54) is 40.6 Å². The van der Waals surface area contributed by atoms with Crippen LogP contribution in [-0.4, -0.2) is 41.1 Å². The molecule has 0 aromatic heterocycles. The zero-order chi connectivity index (χ0) is 21.4. The summed E-state index contributed by atoms with van der Waals surface area (Å²) in [6.45, 7) is -2.92. The fraction of sp³-hybridized carbons (Fsp3) is 0.316. The van der Waals surface area contributed by atoms with E-state index in [-0.39, 0.29) is 18.0 Å². The van der Waals surface area contributed by atoms with Crippen molar-refractivity contribution < 1.29 is 37.3 Å². The lowest BCUT2D eigenvalue weighted by atomic mass is 10.2. The molecule has 0 atom stereocenters. The van der Waals surface area contributed by atoms with E-state index in [4.69, 9.17) is 18.9 Å². The molecule has 158 valence electrons. The van der Waals surface area contributed by atoms with E-state index in [1.807, 2.05) is 0 Å². The molecule has 0 aliphatic rings. The molecule has 8 nitrogen and oxygen atoms in total. The van der Waals surface area contributed by atoms with Gasteiger partial charge in [0.15, 0.2) is 23.0 Å². The molecular formula is C19H22F2N2O6. The van der Waals surface area contributed by atoms with Crippen molar-refractivity contribution in [3.63, 3.8) is 0 Å². The molecule has 0 aliphatic heterocycles. The van der Waals surface area contributed by atoms with Gasteiger partial charge in [-0.2, -0.15) is 8.78 Å². The number of hydrogen-bond acceptors (Lipinski definition) is 6. The SMILES string of the molecule is COc1ccc(CNC(=O)Nc2cc(OC)c(OC)c(OC)c2)cc1OC(F)F. The lowest BCUT2D eigenvalue weighted by Crippen LogP contribution is -2.28. The maximum atomic E-state index is 12.5. The predicted octanol–water partition coefficient (Wildman–Crippen LogP) is 3.64. The molecule has 2 aromatic rings. The number of nitrogens with one attached hydrogen (secondary N) is 2. The molecule has 0 spiro atoms. The van der Waals surface area contributed by atoms with Crippen molar-refractivity contribution in [2.75, 3.05) is 33.8 Å². The number of benzene rings is 2. The number of anilines is 1. The van der Waals surface area contributed by atoms with Crippen LogP contribution in [0.3, 0.4) is 0 Å². The summed E-state index contributed by atoms with van der Waals surface area (Å²) in [5, 5.41) is 5.26. The van der Waals surface area contributed by atoms with Crippen molar-refractivity contribution in [1.82, 2.24) is 5.32 Å². The maximum Gasteiger partial charge on any atom is 0.387 e. The fourth-order valence-electron chi connectivity index (χ4n) is 2.53. The molecule has 2 amide bonds. The van der Waals surface area contributed by atoms with Crippen LogP contribution >= 0.6 is 0 Å². The van der Waals surface area contributed by atoms with Crippen LogP contribution in [0.15, 0.2) is 30.3 Å². The van der Waals surface area contributed by atoms with Crippen molar-refractivity contribution >= 4 is 11.7 Å². The van der Waals surface area contributed by atoms with E-state index in [0.717, 1.165) is 0 Å². The van der Waals surface area contributed by atoms with Crippen molar-refractivity contribution in [3.05, 3.63) is 35.9 Å². The molecule has 10 heteroatoms. The summed E-state index contributed by atoms with van der Waals surface area (Å²) in [4.78, 5) is 12.2. The summed E-state index contributed by atoms with van der Waals surface area (Å²) in [6.07, 6.45) is 0. The quantitative estimate of drug-likeness (QED) is 0.654. The molecule has 0 heterocycles. The van der Waals surface area contributed by atoms with Crippen LogP contribution in [0.2, 0.25) is 0 Å². The number of ether oxygens (including phenoxy) is 5. The van der Waals surface area contributed by atoms with Crippen LogP contribution in [0.4, 0.5) is 19.3 Å². The molecule has 0 unspecified atom stereocenters. The number of amides is 2. The number of methoxy groups -OCH3 is 4. The molecule has 2 aromatic carbocycles. The highest BCUT2D eigenvalue weighted by molar-refractivity contribution is 5.90. The molecule has 0 saturated heterocycles. The minimum Gasteiger partial charge on any atom is -0.493 e. The van der Waals surface area contributed by atoms with Gasteiger partial charge >= 0.3 is 12.6 Å². The van der Waals surface area contributed by atoms with Crippen molar-refractivity contribution in [1.29, 1.82) is 0 Å². The lowest BCUT2D eigenvalue weighted by molar-refractivity contribution is -0.0512. The van der Waals surface area contributed by atoms with Crippen LogP contribution in [0.1, 0.15) is 5.56 Å². The smallest absolute Gasteiger partial charge is 0.387 e. The Morgan fingerprint density at radius 1 is 0.897 bits per heavy atom. The highest BCUT2D eigenvalue weighted by Gasteiger charge is 2.15. The van der Waals surface area contributed by atoms with Crippen LogP contribution in [0, 0.1) is 0 Å². The number of carbonyl (C=O) groups excluding carboxylic acids is 1. The molecule has 2 rings (SSSR count). The molecule has 0 aliphatic carbocycles. The van der Waals surface area contributed by atoms with Crippen molar-refractivity contribution in [2.24, 2.45) is 0 Å². The van der Waals surface area contributed by atoms with Crippen LogP contribution < -0.4 is 34.3 Å². The number of urea groups is 1. The number of rotatable bonds is 9. The van der Waals surface area contributed by atoms with Gasteiger partial charge in [0.25, 0.3) is 0 Å². The number of carbonyl (C=O) groups is 1. The van der Waals surface area contributed by atoms with Gasteiger partial charge in [-0.15, -0.1) is 0 Å². The second-order valence-electron chi connectivity index (χ2n) is 5.59. The summed E-state index contributed by atoms with van der Waals surface area (Å²) in [5.74, 6) is 1.20. The minimum absolute atomic E-state index is 0.0693. The Hall–Kier alpha value is -3.43. The van der Waals surface area contributed by atoms with Gasteiger partial charge in [0.05, 0.1) is 34.1 Å². The van der Waals surface area contributed by atoms with Gasteiger partial charge in [0.2, 0.25) is 5.75 Å². The Labute approximate surface area is 166 Å². The maximum absolute atomic E-state index is 12.5. The van der Waals surface area contributed by atoms with Gasteiger partial charge < -0.3 is 34.3 Å². The highest BCUT2D eigenvalue weighted by atomic mass is 19.3. The van der Waals surface area contributed by atoms with Crippen LogP contribution in [0.25, 0.3) is 0 Å². The Morgan fingerprint density at radius 3 is 2.03 bits per heavy atom. The summed E-state index contributed by atoms with van der Waals surface area (Å²) in [5.41, 5.74) is 0.954.